The molecule has 88 valence electrons. The van der Waals surface area contributed by atoms with Gasteiger partial charge in [-0.3, -0.25) is 0 Å². The highest BCUT2D eigenvalue weighted by molar-refractivity contribution is 5.75. The predicted octanol–water partition coefficient (Wildman–Crippen LogP) is 1.64. The SMILES string of the molecule is CCCCCCOC(C)(O)CCC.[SiH4]. The highest BCUT2D eigenvalue weighted by Gasteiger charge is 2.18. The Morgan fingerprint density at radius 2 is 1.71 bits per heavy atom. The van der Waals surface area contributed by atoms with Crippen molar-refractivity contribution in [2.75, 3.05) is 6.61 Å². The number of aliphatic hydroxyl groups is 1. The van der Waals surface area contributed by atoms with E-state index in [1.165, 1.54) is 19.3 Å². The lowest BCUT2D eigenvalue weighted by molar-refractivity contribution is -0.194. The summed E-state index contributed by atoms with van der Waals surface area (Å²) >= 11 is 0. The van der Waals surface area contributed by atoms with E-state index in [4.69, 9.17) is 4.74 Å². The molecule has 0 aromatic carbocycles. The minimum absolute atomic E-state index is 0. The first-order chi connectivity index (χ1) is 6.12. The van der Waals surface area contributed by atoms with Gasteiger partial charge in [0.2, 0.25) is 0 Å². The maximum atomic E-state index is 9.65. The van der Waals surface area contributed by atoms with Crippen molar-refractivity contribution in [2.24, 2.45) is 0 Å². The molecule has 1 unspecified atom stereocenters. The van der Waals surface area contributed by atoms with Crippen LogP contribution in [0.25, 0.3) is 0 Å². The minimum atomic E-state index is -0.902. The van der Waals surface area contributed by atoms with Gasteiger partial charge < -0.3 is 9.84 Å². The molecule has 0 bridgehead atoms. The Morgan fingerprint density at radius 1 is 1.07 bits per heavy atom. The third-order valence-electron chi connectivity index (χ3n) is 2.12. The van der Waals surface area contributed by atoms with Gasteiger partial charge in [-0.15, -0.1) is 0 Å². The van der Waals surface area contributed by atoms with E-state index in [1.807, 2.05) is 0 Å². The summed E-state index contributed by atoms with van der Waals surface area (Å²) in [6.07, 6.45) is 6.46. The number of hydrogen-bond donors (Lipinski definition) is 1. The van der Waals surface area contributed by atoms with E-state index in [0.29, 0.717) is 6.61 Å². The molecule has 0 aliphatic carbocycles. The first kappa shape index (κ1) is 16.6. The predicted molar refractivity (Wildman–Crippen MR) is 67.0 cm³/mol. The molecule has 0 amide bonds. The molecule has 0 fully saturated rings. The molecular formula is C11H28O2Si. The summed E-state index contributed by atoms with van der Waals surface area (Å²) < 4.78 is 5.37. The van der Waals surface area contributed by atoms with Gasteiger partial charge in [-0.05, 0) is 24.3 Å². The Morgan fingerprint density at radius 3 is 2.21 bits per heavy atom. The summed E-state index contributed by atoms with van der Waals surface area (Å²) in [4.78, 5) is 0. The molecule has 0 rings (SSSR count). The molecule has 0 saturated carbocycles. The molecule has 3 heteroatoms. The van der Waals surface area contributed by atoms with Gasteiger partial charge in [-0.1, -0.05) is 39.5 Å². The zero-order chi connectivity index (χ0) is 10.2. The van der Waals surface area contributed by atoms with Crippen LogP contribution in [0.4, 0.5) is 0 Å². The standard InChI is InChI=1S/C11H24O2.H4Si/c1-4-6-7-8-10-13-11(3,12)9-5-2;/h12H,4-10H2,1-3H3;1H4. The lowest BCUT2D eigenvalue weighted by atomic mass is 10.2. The van der Waals surface area contributed by atoms with Gasteiger partial charge in [0.1, 0.15) is 0 Å². The van der Waals surface area contributed by atoms with Crippen molar-refractivity contribution in [3.05, 3.63) is 0 Å². The zero-order valence-corrected chi connectivity index (χ0v) is 9.31. The van der Waals surface area contributed by atoms with Gasteiger partial charge in [-0.2, -0.15) is 0 Å². The fraction of sp³-hybridized carbons (Fsp3) is 1.00. The average Bonchev–Trinajstić information content (AvgIpc) is 2.04. The molecule has 0 aromatic rings. The summed E-state index contributed by atoms with van der Waals surface area (Å²) in [5.41, 5.74) is 0. The van der Waals surface area contributed by atoms with Crippen LogP contribution in [0.3, 0.4) is 0 Å². The highest BCUT2D eigenvalue weighted by atomic mass is 28.1. The molecule has 14 heavy (non-hydrogen) atoms. The number of hydrogen-bond acceptors (Lipinski definition) is 2. The summed E-state index contributed by atoms with van der Waals surface area (Å²) in [6.45, 7) is 6.67. The summed E-state index contributed by atoms with van der Waals surface area (Å²) in [6, 6.07) is 0. The summed E-state index contributed by atoms with van der Waals surface area (Å²) in [7, 11) is 0. The number of ether oxygens (including phenoxy) is 1. The lowest BCUT2D eigenvalue weighted by Crippen LogP contribution is -2.28. The molecular weight excluding hydrogens is 192 g/mol. The fourth-order valence-electron chi connectivity index (χ4n) is 1.36. The Bertz CT molecular complexity index is 116. The van der Waals surface area contributed by atoms with E-state index in [9.17, 15) is 5.11 Å². The fourth-order valence-corrected chi connectivity index (χ4v) is 1.36. The van der Waals surface area contributed by atoms with Crippen LogP contribution in [0, 0.1) is 0 Å². The second-order valence-corrected chi connectivity index (χ2v) is 3.83. The molecule has 0 aromatic heterocycles. The third-order valence-corrected chi connectivity index (χ3v) is 2.12. The van der Waals surface area contributed by atoms with E-state index in [1.54, 1.807) is 6.92 Å². The van der Waals surface area contributed by atoms with Gasteiger partial charge in [-0.25, -0.2) is 0 Å². The van der Waals surface area contributed by atoms with E-state index < -0.39 is 5.79 Å². The first-order valence-corrected chi connectivity index (χ1v) is 5.48. The van der Waals surface area contributed by atoms with E-state index in [2.05, 4.69) is 13.8 Å². The Labute approximate surface area is 93.1 Å². The number of rotatable bonds is 8. The van der Waals surface area contributed by atoms with Crippen molar-refractivity contribution in [1.29, 1.82) is 0 Å². The molecule has 0 aliphatic rings. The van der Waals surface area contributed by atoms with Crippen LogP contribution in [0.2, 0.25) is 0 Å². The maximum absolute atomic E-state index is 9.65. The molecule has 2 nitrogen and oxygen atoms in total. The van der Waals surface area contributed by atoms with Crippen molar-refractivity contribution in [3.63, 3.8) is 0 Å². The van der Waals surface area contributed by atoms with Gasteiger partial charge in [0, 0.05) is 13.0 Å². The third kappa shape index (κ3) is 10.2. The monoisotopic (exact) mass is 220 g/mol. The first-order valence-electron chi connectivity index (χ1n) is 5.48. The molecule has 1 N–H and O–H groups in total. The molecule has 1 atom stereocenters. The van der Waals surface area contributed by atoms with Crippen molar-refractivity contribution in [1.82, 2.24) is 0 Å². The average molecular weight is 220 g/mol. The van der Waals surface area contributed by atoms with E-state index in [0.717, 1.165) is 19.3 Å². The molecule has 0 heterocycles. The van der Waals surface area contributed by atoms with Crippen molar-refractivity contribution in [3.8, 4) is 0 Å². The molecule has 0 aliphatic heterocycles. The molecule has 0 radical (unpaired) electrons. The Balaban J connectivity index is 0. The highest BCUT2D eigenvalue weighted by Crippen LogP contribution is 2.14. The zero-order valence-electron chi connectivity index (χ0n) is 9.31. The largest absolute Gasteiger partial charge is 0.366 e. The van der Waals surface area contributed by atoms with E-state index >= 15 is 0 Å². The van der Waals surface area contributed by atoms with Gasteiger partial charge in [0.25, 0.3) is 0 Å². The van der Waals surface area contributed by atoms with Crippen LogP contribution in [-0.2, 0) is 4.74 Å². The lowest BCUT2D eigenvalue weighted by Gasteiger charge is -2.23. The van der Waals surface area contributed by atoms with Crippen LogP contribution in [0.1, 0.15) is 59.3 Å². The van der Waals surface area contributed by atoms with Crippen LogP contribution in [-0.4, -0.2) is 28.5 Å². The van der Waals surface area contributed by atoms with E-state index in [-0.39, 0.29) is 11.0 Å². The van der Waals surface area contributed by atoms with Gasteiger partial charge >= 0.3 is 0 Å². The maximum Gasteiger partial charge on any atom is 0.162 e. The minimum Gasteiger partial charge on any atom is -0.366 e. The second kappa shape index (κ2) is 9.68. The van der Waals surface area contributed by atoms with Crippen LogP contribution < -0.4 is 0 Å². The van der Waals surface area contributed by atoms with Crippen molar-refractivity contribution >= 4 is 11.0 Å². The topological polar surface area (TPSA) is 29.5 Å². The summed E-state index contributed by atoms with van der Waals surface area (Å²) in [5, 5.41) is 9.65. The van der Waals surface area contributed by atoms with Crippen LogP contribution in [0.5, 0.6) is 0 Å². The van der Waals surface area contributed by atoms with Gasteiger partial charge in [0.05, 0.1) is 0 Å². The normalized spacial score (nSPS) is 14.6. The van der Waals surface area contributed by atoms with Crippen LogP contribution >= 0.6 is 0 Å². The Hall–Kier alpha value is 0.137. The Kier molecular flexibility index (Phi) is 11.5. The summed E-state index contributed by atoms with van der Waals surface area (Å²) in [5.74, 6) is -0.902. The smallest absolute Gasteiger partial charge is 0.162 e. The van der Waals surface area contributed by atoms with Crippen molar-refractivity contribution < 1.29 is 9.84 Å². The van der Waals surface area contributed by atoms with Crippen molar-refractivity contribution in [2.45, 2.75) is 65.1 Å². The van der Waals surface area contributed by atoms with Gasteiger partial charge in [0.15, 0.2) is 5.79 Å². The molecule has 0 spiro atoms. The quantitative estimate of drug-likeness (QED) is 0.383. The second-order valence-electron chi connectivity index (χ2n) is 3.83. The number of unbranched alkanes of at least 4 members (excludes halogenated alkanes) is 3. The van der Waals surface area contributed by atoms with Crippen LogP contribution in [0.15, 0.2) is 0 Å². The molecule has 0 saturated heterocycles.